The molecule has 3 aromatic rings. The molecular weight excluding hydrogens is 626 g/mol. The van der Waals surface area contributed by atoms with E-state index in [4.69, 9.17) is 12.2 Å². The second-order valence-corrected chi connectivity index (χ2v) is 13.2. The summed E-state index contributed by atoms with van der Waals surface area (Å²) < 4.78 is 78.1. The molecule has 0 unspecified atom stereocenters. The van der Waals surface area contributed by atoms with E-state index >= 15 is 0 Å². The molecule has 1 aliphatic heterocycles. The first-order valence-electron chi connectivity index (χ1n) is 10.7. The normalized spacial score (nSPS) is 14.8. The molecule has 194 valence electrons. The number of aromatic nitrogens is 1. The Morgan fingerprint density at radius 1 is 1.11 bits per heavy atom. The van der Waals surface area contributed by atoms with Gasteiger partial charge in [-0.05, 0) is 6.92 Å². The topological polar surface area (TPSA) is 52.6 Å². The van der Waals surface area contributed by atoms with Crippen molar-refractivity contribution in [3.8, 4) is 5.88 Å². The van der Waals surface area contributed by atoms with Crippen LogP contribution in [0.25, 0.3) is 10.9 Å². The predicted molar refractivity (Wildman–Crippen MR) is 144 cm³/mol. The van der Waals surface area contributed by atoms with Crippen LogP contribution in [0.4, 0.5) is 27.6 Å². The Morgan fingerprint density at radius 2 is 1.78 bits per heavy atom. The molecular formula is C25H21F5IN4OS+. The zero-order valence-electron chi connectivity index (χ0n) is 19.8. The van der Waals surface area contributed by atoms with Crippen LogP contribution in [0.1, 0.15) is 11.1 Å². The number of thiocarbonyl (C=S) groups is 1. The number of allylic oxidation sites excluding steroid dienone is 3. The SMILES string of the molecule is Cc1c(F)c(F)c(Cn2c(O)c([N+](C)=NC(=S)NC3=CC=CI(C)C=C3)c3cc(F)ccc32)c(F)c1F. The molecule has 0 amide bonds. The van der Waals surface area contributed by atoms with Gasteiger partial charge in [-0.3, -0.25) is 0 Å². The zero-order chi connectivity index (χ0) is 27.0. The number of hydrogen-bond acceptors (Lipinski definition) is 2. The van der Waals surface area contributed by atoms with Gasteiger partial charge in [0.05, 0.1) is 0 Å². The summed E-state index contributed by atoms with van der Waals surface area (Å²) in [4.78, 5) is 2.17. The molecule has 0 spiro atoms. The second-order valence-electron chi connectivity index (χ2n) is 8.13. The van der Waals surface area contributed by atoms with Crippen molar-refractivity contribution in [2.45, 2.75) is 13.5 Å². The summed E-state index contributed by atoms with van der Waals surface area (Å²) in [6.07, 6.45) is 5.66. The van der Waals surface area contributed by atoms with Gasteiger partial charge in [-0.1, -0.05) is 0 Å². The summed E-state index contributed by atoms with van der Waals surface area (Å²) in [6.45, 7) is 0.139. The van der Waals surface area contributed by atoms with Crippen molar-refractivity contribution < 1.29 is 31.8 Å². The Kier molecular flexibility index (Phi) is 7.78. The van der Waals surface area contributed by atoms with E-state index in [2.05, 4.69) is 23.5 Å². The second kappa shape index (κ2) is 10.7. The molecule has 0 atom stereocenters. The molecule has 1 aromatic heterocycles. The predicted octanol–water partition coefficient (Wildman–Crippen LogP) is 7.06. The fraction of sp³-hybridized carbons (Fsp3) is 0.160. The molecule has 2 aromatic carbocycles. The van der Waals surface area contributed by atoms with E-state index in [-0.39, 0.29) is 21.7 Å². The van der Waals surface area contributed by atoms with Crippen molar-refractivity contribution in [1.29, 1.82) is 0 Å². The van der Waals surface area contributed by atoms with Crippen LogP contribution in [-0.2, 0) is 6.54 Å². The largest absolute Gasteiger partial charge is 0.203 e. The quantitative estimate of drug-likeness (QED) is 0.0607. The van der Waals surface area contributed by atoms with Crippen LogP contribution in [0.3, 0.4) is 0 Å². The van der Waals surface area contributed by atoms with Gasteiger partial charge in [-0.2, -0.15) is 0 Å². The molecule has 4 rings (SSSR count). The van der Waals surface area contributed by atoms with Crippen LogP contribution in [0.15, 0.2) is 55.4 Å². The first-order chi connectivity index (χ1) is 17.5. The fourth-order valence-corrected chi connectivity index (χ4v) is 6.09. The number of hydrogen-bond donors (Lipinski definition) is 2. The molecule has 0 bridgehead atoms. The summed E-state index contributed by atoms with van der Waals surface area (Å²) in [5.41, 5.74) is -0.909. The summed E-state index contributed by atoms with van der Waals surface area (Å²) in [5.74, 6) is -7.44. The van der Waals surface area contributed by atoms with Gasteiger partial charge in [-0.25, -0.2) is 17.6 Å². The number of rotatable bonds is 4. The average Bonchev–Trinajstić information content (AvgIpc) is 2.96. The van der Waals surface area contributed by atoms with Gasteiger partial charge in [0.2, 0.25) is 0 Å². The number of nitrogens with one attached hydrogen (secondary N) is 1. The monoisotopic (exact) mass is 647 g/mol. The summed E-state index contributed by atoms with van der Waals surface area (Å²) in [6, 6.07) is 3.45. The molecule has 5 nitrogen and oxygen atoms in total. The Labute approximate surface area is 221 Å². The van der Waals surface area contributed by atoms with Gasteiger partial charge >= 0.3 is 169 Å². The molecule has 37 heavy (non-hydrogen) atoms. The molecule has 0 saturated carbocycles. The Balaban J connectivity index is 1.78. The Morgan fingerprint density at radius 3 is 2.46 bits per heavy atom. The summed E-state index contributed by atoms with van der Waals surface area (Å²) in [5, 5.41) is 18.4. The minimum Gasteiger partial charge on any atom is -0.203 e. The first-order valence-corrected chi connectivity index (χ1v) is 15.8. The maximum Gasteiger partial charge on any atom is 0.167 e. The van der Waals surface area contributed by atoms with Gasteiger partial charge in [0.25, 0.3) is 0 Å². The van der Waals surface area contributed by atoms with Crippen molar-refractivity contribution in [2.75, 3.05) is 12.0 Å². The summed E-state index contributed by atoms with van der Waals surface area (Å²) in [7, 11) is 1.44. The smallest absolute Gasteiger partial charge is 0.167 e. The molecule has 0 saturated heterocycles. The Hall–Kier alpha value is -3.13. The molecule has 0 radical (unpaired) electrons. The van der Waals surface area contributed by atoms with Gasteiger partial charge < -0.3 is 0 Å². The third-order valence-corrected chi connectivity index (χ3v) is 8.89. The minimum absolute atomic E-state index is 0.0280. The van der Waals surface area contributed by atoms with E-state index in [9.17, 15) is 27.1 Å². The number of alkyl halides is 1. The third kappa shape index (κ3) is 5.30. The fourth-order valence-electron chi connectivity index (χ4n) is 3.80. The van der Waals surface area contributed by atoms with E-state index in [1.807, 2.05) is 18.2 Å². The van der Waals surface area contributed by atoms with Crippen LogP contribution in [0.2, 0.25) is 0 Å². The van der Waals surface area contributed by atoms with Crippen molar-refractivity contribution in [3.63, 3.8) is 0 Å². The number of nitrogens with zero attached hydrogens (tertiary/aromatic N) is 3. The van der Waals surface area contributed by atoms with Crippen molar-refractivity contribution in [1.82, 2.24) is 9.88 Å². The van der Waals surface area contributed by atoms with Crippen LogP contribution < -0.4 is 5.32 Å². The molecule has 12 heteroatoms. The van der Waals surface area contributed by atoms with Crippen LogP contribution in [0.5, 0.6) is 5.88 Å². The number of aromatic hydroxyl groups is 1. The van der Waals surface area contributed by atoms with Crippen molar-refractivity contribution in [2.24, 2.45) is 5.11 Å². The molecule has 0 fully saturated rings. The summed E-state index contributed by atoms with van der Waals surface area (Å²) >= 11 is 4.05. The zero-order valence-corrected chi connectivity index (χ0v) is 22.8. The van der Waals surface area contributed by atoms with Crippen molar-refractivity contribution >= 4 is 53.7 Å². The van der Waals surface area contributed by atoms with Gasteiger partial charge in [0.15, 0.2) is 23.3 Å². The van der Waals surface area contributed by atoms with Gasteiger partial charge in [-0.15, -0.1) is 0 Å². The van der Waals surface area contributed by atoms with Crippen LogP contribution >= 0.6 is 32.0 Å². The van der Waals surface area contributed by atoms with Crippen LogP contribution in [-0.4, -0.2) is 31.5 Å². The van der Waals surface area contributed by atoms with E-state index in [0.717, 1.165) is 23.6 Å². The Bertz CT molecular complexity index is 1530. The number of azo groups is 2. The third-order valence-electron chi connectivity index (χ3n) is 5.67. The number of benzene rings is 2. The molecule has 2 heterocycles. The van der Waals surface area contributed by atoms with Gasteiger partial charge in [0, 0.05) is 5.56 Å². The maximum atomic E-state index is 14.6. The standard InChI is InChI=1S/C25H20F5IN4OS/c1-13-19(27)21(29)17(22(30)20(13)28)12-35-18-7-6-14(26)11-16(18)23(24(35)36)34(3)33-25(37)32-15-5-4-9-31(2)10-8-15/h4-11H,12H2,1-3H3,(H-,32,33,36,37)/p+1. The van der Waals surface area contributed by atoms with Crippen molar-refractivity contribution in [3.05, 3.63) is 90.5 Å². The molecule has 2 N–H and O–H groups in total. The first kappa shape index (κ1) is 26.9. The molecule has 0 aliphatic carbocycles. The van der Waals surface area contributed by atoms with E-state index < -0.39 is 72.5 Å². The number of fused-ring (bicyclic) bond motifs is 1. The van der Waals surface area contributed by atoms with E-state index in [1.54, 1.807) is 0 Å². The van der Waals surface area contributed by atoms with Crippen LogP contribution in [0, 0.1) is 36.0 Å². The molecule has 1 aliphatic rings. The van der Waals surface area contributed by atoms with Gasteiger partial charge in [0.1, 0.15) is 0 Å². The maximum absolute atomic E-state index is 14.6. The number of halogens is 6. The average molecular weight is 647 g/mol. The minimum atomic E-state index is -1.58. The van der Waals surface area contributed by atoms with E-state index in [1.165, 1.54) is 17.8 Å². The van der Waals surface area contributed by atoms with E-state index in [0.29, 0.717) is 5.70 Å².